The second kappa shape index (κ2) is 39.6. The van der Waals surface area contributed by atoms with Crippen molar-refractivity contribution in [1.29, 1.82) is 0 Å². The summed E-state index contributed by atoms with van der Waals surface area (Å²) in [6.07, 6.45) is 17.8. The average molecular weight is 1070 g/mol. The van der Waals surface area contributed by atoms with E-state index >= 15 is 0 Å². The number of aliphatic hydroxyl groups excluding tert-OH is 11. The Balaban J connectivity index is 1.41. The Hall–Kier alpha value is -2.77. The molecule has 75 heavy (non-hydrogen) atoms. The predicted octanol–water partition coefficient (Wildman–Crippen LogP) is 3.48. The molecule has 3 fully saturated rings. The molecule has 0 radical (unpaired) electrons. The fourth-order valence-electron chi connectivity index (χ4n) is 8.96. The first kappa shape index (κ1) is 66.5. The molecule has 0 spiro atoms. The van der Waals surface area contributed by atoms with Crippen LogP contribution in [0, 0.1) is 0 Å². The molecule has 19 heteroatoms. The van der Waals surface area contributed by atoms with E-state index in [0.29, 0.717) is 19.3 Å². The first-order valence-electron chi connectivity index (χ1n) is 27.7. The number of hydrogen-bond acceptors (Lipinski definition) is 18. The molecular weight excluding hydrogens is 975 g/mol. The Bertz CT molecular complexity index is 1660. The highest BCUT2D eigenvalue weighted by Crippen LogP contribution is 2.33. The van der Waals surface area contributed by atoms with Crippen LogP contribution < -0.4 is 5.32 Å². The SMILES string of the molecule is CC/C=C\C/C=C\C/C=C\C/C=C\C/C=C\C/C=C\CCCCCCCCC(=O)NC(COC1OC(CO)C(OC2OC(CO)C(OC3OC(CO)C(O)C(O)C3O)C(O)C2O)C(O)C1O)C(O)CCCCCCC. The van der Waals surface area contributed by atoms with Gasteiger partial charge in [0.15, 0.2) is 18.9 Å². The van der Waals surface area contributed by atoms with E-state index in [1.807, 2.05) is 0 Å². The summed E-state index contributed by atoms with van der Waals surface area (Å²) in [6, 6.07) is -0.895. The zero-order valence-electron chi connectivity index (χ0n) is 44.5. The zero-order chi connectivity index (χ0) is 54.8. The monoisotopic (exact) mass is 1070 g/mol. The van der Waals surface area contributed by atoms with Gasteiger partial charge in [-0.2, -0.15) is 0 Å². The van der Waals surface area contributed by atoms with Crippen LogP contribution >= 0.6 is 0 Å². The van der Waals surface area contributed by atoms with E-state index in [0.717, 1.165) is 103 Å². The lowest BCUT2D eigenvalue weighted by molar-refractivity contribution is -0.379. The average Bonchev–Trinajstić information content (AvgIpc) is 3.41. The van der Waals surface area contributed by atoms with E-state index in [-0.39, 0.29) is 18.9 Å². The summed E-state index contributed by atoms with van der Waals surface area (Å²) in [7, 11) is 0. The lowest BCUT2D eigenvalue weighted by atomic mass is 9.96. The molecule has 3 rings (SSSR count). The van der Waals surface area contributed by atoms with Gasteiger partial charge in [-0.25, -0.2) is 0 Å². The highest BCUT2D eigenvalue weighted by molar-refractivity contribution is 5.76. The molecule has 1 amide bonds. The van der Waals surface area contributed by atoms with Crippen molar-refractivity contribution in [3.63, 3.8) is 0 Å². The van der Waals surface area contributed by atoms with E-state index in [9.17, 15) is 61.0 Å². The molecule has 0 bridgehead atoms. The fraction of sp³-hybridized carbons (Fsp3) is 0.768. The summed E-state index contributed by atoms with van der Waals surface area (Å²) in [5, 5.41) is 119. The molecule has 3 saturated heterocycles. The third-order valence-electron chi connectivity index (χ3n) is 13.5. The molecule has 0 saturated carbocycles. The standard InChI is InChI=1S/C56H95NO18/c1-3-5-7-9-10-11-12-13-14-15-16-17-18-19-20-21-22-23-24-25-26-27-28-30-32-34-44(62)57-39(40(61)33-31-29-8-6-4-2)38-70-54-50(68)47(65)52(42(36-59)72-54)75-56-51(69)48(66)53(43(37-60)73-56)74-55-49(67)46(64)45(63)41(35-58)71-55/h5,7,10-11,13-14,16-17,19-20,22-23,39-43,45-56,58-61,63-69H,3-4,6,8-9,12,15,18,21,24-38H2,1-2H3,(H,57,62)/b7-5-,11-10-,14-13-,17-16-,20-19-,23-22-. The van der Waals surface area contributed by atoms with E-state index in [1.54, 1.807) is 0 Å². The van der Waals surface area contributed by atoms with Crippen LogP contribution in [-0.4, -0.2) is 193 Å². The Morgan fingerprint density at radius 2 is 0.920 bits per heavy atom. The number of carbonyl (C=O) groups excluding carboxylic acids is 1. The van der Waals surface area contributed by atoms with E-state index in [1.165, 1.54) is 0 Å². The van der Waals surface area contributed by atoms with Gasteiger partial charge in [0, 0.05) is 6.42 Å². The van der Waals surface area contributed by atoms with Gasteiger partial charge < -0.3 is 89.9 Å². The Labute approximate surface area is 445 Å². The van der Waals surface area contributed by atoms with Gasteiger partial charge in [-0.3, -0.25) is 4.79 Å². The minimum Gasteiger partial charge on any atom is -0.394 e. The zero-order valence-corrected chi connectivity index (χ0v) is 44.5. The summed E-state index contributed by atoms with van der Waals surface area (Å²) in [4.78, 5) is 13.2. The van der Waals surface area contributed by atoms with Crippen molar-refractivity contribution in [2.24, 2.45) is 0 Å². The van der Waals surface area contributed by atoms with Crippen molar-refractivity contribution in [3.8, 4) is 0 Å². The molecule has 17 unspecified atom stereocenters. The van der Waals surface area contributed by atoms with Gasteiger partial charge in [-0.05, 0) is 64.2 Å². The minimum absolute atomic E-state index is 0.243. The molecule has 3 heterocycles. The number of hydrogen-bond donors (Lipinski definition) is 12. The van der Waals surface area contributed by atoms with Crippen molar-refractivity contribution < 1.29 is 89.4 Å². The predicted molar refractivity (Wildman–Crippen MR) is 281 cm³/mol. The molecule has 432 valence electrons. The summed E-state index contributed by atoms with van der Waals surface area (Å²) in [6.45, 7) is 1.51. The van der Waals surface area contributed by atoms with E-state index in [4.69, 9.17) is 28.4 Å². The third-order valence-corrected chi connectivity index (χ3v) is 13.5. The summed E-state index contributed by atoms with van der Waals surface area (Å²) in [5.74, 6) is -0.270. The van der Waals surface area contributed by atoms with Gasteiger partial charge in [0.1, 0.15) is 73.2 Å². The second-order valence-electron chi connectivity index (χ2n) is 19.7. The molecule has 12 N–H and O–H groups in total. The van der Waals surface area contributed by atoms with Crippen LogP contribution in [0.25, 0.3) is 0 Å². The number of unbranched alkanes of at least 4 members (excludes halogenated alkanes) is 10. The van der Waals surface area contributed by atoms with Crippen LogP contribution in [0.1, 0.15) is 142 Å². The molecule has 17 atom stereocenters. The molecular formula is C56H95NO18. The molecule has 0 aromatic carbocycles. The van der Waals surface area contributed by atoms with Crippen molar-refractivity contribution in [2.75, 3.05) is 26.4 Å². The van der Waals surface area contributed by atoms with Crippen molar-refractivity contribution in [2.45, 2.75) is 247 Å². The number of carbonyl (C=O) groups is 1. The summed E-state index contributed by atoms with van der Waals surface area (Å²) in [5.41, 5.74) is 0. The van der Waals surface area contributed by atoms with Crippen LogP contribution in [0.3, 0.4) is 0 Å². The second-order valence-corrected chi connectivity index (χ2v) is 19.7. The number of aliphatic hydroxyl groups is 11. The largest absolute Gasteiger partial charge is 0.394 e. The van der Waals surface area contributed by atoms with Gasteiger partial charge in [-0.15, -0.1) is 0 Å². The smallest absolute Gasteiger partial charge is 0.220 e. The van der Waals surface area contributed by atoms with Gasteiger partial charge in [0.05, 0.1) is 38.6 Å². The molecule has 0 aromatic heterocycles. The van der Waals surface area contributed by atoms with Crippen molar-refractivity contribution in [1.82, 2.24) is 5.32 Å². The lowest BCUT2D eigenvalue weighted by Crippen LogP contribution is -2.66. The molecule has 3 aliphatic rings. The van der Waals surface area contributed by atoms with Crippen LogP contribution in [-0.2, 0) is 33.2 Å². The van der Waals surface area contributed by atoms with Crippen LogP contribution in [0.15, 0.2) is 72.9 Å². The lowest BCUT2D eigenvalue weighted by Gasteiger charge is -2.48. The number of rotatable bonds is 38. The van der Waals surface area contributed by atoms with E-state index in [2.05, 4.69) is 92.1 Å². The fourth-order valence-corrected chi connectivity index (χ4v) is 8.96. The molecule has 0 aromatic rings. The maximum absolute atomic E-state index is 13.2. The number of ether oxygens (including phenoxy) is 6. The Kier molecular flexibility index (Phi) is 35.1. The number of amides is 1. The van der Waals surface area contributed by atoms with Crippen LogP contribution in [0.5, 0.6) is 0 Å². The van der Waals surface area contributed by atoms with Gasteiger partial charge >= 0.3 is 0 Å². The Morgan fingerprint density at radius 3 is 1.44 bits per heavy atom. The highest BCUT2D eigenvalue weighted by Gasteiger charge is 2.53. The van der Waals surface area contributed by atoms with Crippen LogP contribution in [0.4, 0.5) is 0 Å². The van der Waals surface area contributed by atoms with Gasteiger partial charge in [0.2, 0.25) is 5.91 Å². The summed E-state index contributed by atoms with van der Waals surface area (Å²) < 4.78 is 34.1. The number of allylic oxidation sites excluding steroid dienone is 12. The molecule has 0 aliphatic carbocycles. The summed E-state index contributed by atoms with van der Waals surface area (Å²) >= 11 is 0. The maximum atomic E-state index is 13.2. The van der Waals surface area contributed by atoms with Crippen molar-refractivity contribution in [3.05, 3.63) is 72.9 Å². The van der Waals surface area contributed by atoms with Gasteiger partial charge in [0.25, 0.3) is 0 Å². The highest BCUT2D eigenvalue weighted by atomic mass is 16.8. The Morgan fingerprint density at radius 1 is 0.493 bits per heavy atom. The topological polar surface area (TPSA) is 307 Å². The van der Waals surface area contributed by atoms with Gasteiger partial charge in [-0.1, -0.05) is 145 Å². The quantitative estimate of drug-likeness (QED) is 0.0311. The van der Waals surface area contributed by atoms with Crippen molar-refractivity contribution >= 4 is 5.91 Å². The maximum Gasteiger partial charge on any atom is 0.220 e. The third kappa shape index (κ3) is 24.4. The first-order valence-corrected chi connectivity index (χ1v) is 27.7. The van der Waals surface area contributed by atoms with Crippen LogP contribution in [0.2, 0.25) is 0 Å². The molecule has 19 nitrogen and oxygen atoms in total. The molecule has 3 aliphatic heterocycles. The van der Waals surface area contributed by atoms with E-state index < -0.39 is 124 Å². The number of nitrogens with one attached hydrogen (secondary N) is 1. The normalized spacial score (nSPS) is 31.8. The first-order chi connectivity index (χ1) is 36.3. The minimum atomic E-state index is -1.97.